The minimum Gasteiger partial charge on any atom is -0.355 e. The van der Waals surface area contributed by atoms with Crippen LogP contribution >= 0.6 is 0 Å². The third kappa shape index (κ3) is 7.35. The summed E-state index contributed by atoms with van der Waals surface area (Å²) < 4.78 is 1.50. The lowest BCUT2D eigenvalue weighted by atomic mass is 10.1. The number of anilines is 1. The summed E-state index contributed by atoms with van der Waals surface area (Å²) in [5, 5.41) is 19.7. The topological polar surface area (TPSA) is 117 Å². The Morgan fingerprint density at radius 3 is 2.54 bits per heavy atom. The van der Waals surface area contributed by atoms with Crippen LogP contribution in [0.3, 0.4) is 0 Å². The Morgan fingerprint density at radius 1 is 1.06 bits per heavy atom. The van der Waals surface area contributed by atoms with Gasteiger partial charge >= 0.3 is 6.03 Å². The molecular formula is C25H34N8O2. The maximum Gasteiger partial charge on any atom is 0.319 e. The van der Waals surface area contributed by atoms with Crippen LogP contribution < -0.4 is 16.0 Å². The molecule has 0 aliphatic heterocycles. The van der Waals surface area contributed by atoms with Crippen molar-refractivity contribution < 1.29 is 9.59 Å². The van der Waals surface area contributed by atoms with Gasteiger partial charge in [0, 0.05) is 44.0 Å². The summed E-state index contributed by atoms with van der Waals surface area (Å²) in [5.74, 6) is 0.222. The summed E-state index contributed by atoms with van der Waals surface area (Å²) in [4.78, 5) is 26.9. The molecule has 3 amide bonds. The molecule has 35 heavy (non-hydrogen) atoms. The summed E-state index contributed by atoms with van der Waals surface area (Å²) in [5.41, 5.74) is 5.43. The van der Waals surface area contributed by atoms with Crippen LogP contribution in [0.5, 0.6) is 0 Å². The number of nitrogens with zero attached hydrogens (tertiary/aromatic N) is 5. The van der Waals surface area contributed by atoms with Crippen molar-refractivity contribution in [2.45, 2.75) is 33.2 Å². The van der Waals surface area contributed by atoms with Gasteiger partial charge in [0.2, 0.25) is 0 Å². The second kappa shape index (κ2) is 12.1. The summed E-state index contributed by atoms with van der Waals surface area (Å²) in [6.07, 6.45) is 1.83. The maximum absolute atomic E-state index is 12.4. The number of benzene rings is 2. The number of carbonyl (C=O) groups is 2. The second-order valence-corrected chi connectivity index (χ2v) is 8.75. The molecular weight excluding hydrogens is 444 g/mol. The molecule has 3 aromatic rings. The van der Waals surface area contributed by atoms with E-state index in [9.17, 15) is 9.59 Å². The van der Waals surface area contributed by atoms with E-state index in [4.69, 9.17) is 0 Å². The van der Waals surface area contributed by atoms with E-state index < -0.39 is 0 Å². The van der Waals surface area contributed by atoms with Gasteiger partial charge in [0.1, 0.15) is 0 Å². The Morgan fingerprint density at radius 2 is 1.86 bits per heavy atom. The predicted molar refractivity (Wildman–Crippen MR) is 136 cm³/mol. The lowest BCUT2D eigenvalue weighted by Gasteiger charge is -2.17. The van der Waals surface area contributed by atoms with Crippen LogP contribution in [-0.2, 0) is 13.6 Å². The highest BCUT2D eigenvalue weighted by Crippen LogP contribution is 2.23. The van der Waals surface area contributed by atoms with Crippen molar-refractivity contribution in [2.24, 2.45) is 7.05 Å². The van der Waals surface area contributed by atoms with Crippen LogP contribution in [0, 0.1) is 13.8 Å². The molecule has 0 aliphatic carbocycles. The fraction of sp³-hybridized carbons (Fsp3) is 0.400. The van der Waals surface area contributed by atoms with Gasteiger partial charge in [-0.3, -0.25) is 4.79 Å². The van der Waals surface area contributed by atoms with Crippen molar-refractivity contribution in [3.05, 3.63) is 58.7 Å². The Balaban J connectivity index is 1.48. The van der Waals surface area contributed by atoms with E-state index in [1.54, 1.807) is 32.3 Å². The van der Waals surface area contributed by atoms with Crippen LogP contribution in [0.1, 0.15) is 39.9 Å². The fourth-order valence-corrected chi connectivity index (χ4v) is 3.75. The molecule has 3 N–H and O–H groups in total. The average Bonchev–Trinajstić information content (AvgIpc) is 3.26. The third-order valence-electron chi connectivity index (χ3n) is 5.83. The molecule has 186 valence electrons. The molecule has 0 saturated carbocycles. The average molecular weight is 479 g/mol. The highest BCUT2D eigenvalue weighted by atomic mass is 16.2. The Labute approximate surface area is 206 Å². The van der Waals surface area contributed by atoms with E-state index in [1.807, 2.05) is 0 Å². The van der Waals surface area contributed by atoms with Crippen LogP contribution in [0.25, 0.3) is 11.4 Å². The van der Waals surface area contributed by atoms with E-state index in [1.165, 1.54) is 21.4 Å². The van der Waals surface area contributed by atoms with Gasteiger partial charge in [-0.2, -0.15) is 0 Å². The quantitative estimate of drug-likeness (QED) is 0.386. The van der Waals surface area contributed by atoms with E-state index in [-0.39, 0.29) is 11.9 Å². The van der Waals surface area contributed by atoms with E-state index >= 15 is 0 Å². The molecule has 0 radical (unpaired) electrons. The number of unbranched alkanes of at least 4 members (excludes halogenated alkanes) is 1. The standard InChI is InChI=1S/C25H34N8O2/c1-17-8-9-19(12-18(17)2)16-32(4)11-7-6-10-27-25(35)28-22-14-20(23-29-30-31-33(23)5)13-21(15-22)24(34)26-3/h8-9,12-15H,6-7,10-11,16H2,1-5H3,(H,26,34)(H2,27,28,35). The number of hydrogen-bond acceptors (Lipinski definition) is 6. The number of rotatable bonds is 10. The number of carbonyl (C=O) groups excluding carboxylic acids is 2. The molecule has 10 heteroatoms. The monoisotopic (exact) mass is 478 g/mol. The second-order valence-electron chi connectivity index (χ2n) is 8.75. The first-order valence-corrected chi connectivity index (χ1v) is 11.7. The Hall–Kier alpha value is -3.79. The van der Waals surface area contributed by atoms with Gasteiger partial charge in [-0.1, -0.05) is 18.2 Å². The SMILES string of the molecule is CNC(=O)c1cc(NC(=O)NCCCCN(C)Cc2ccc(C)c(C)c2)cc(-c2nnnn2C)c1. The lowest BCUT2D eigenvalue weighted by molar-refractivity contribution is 0.0963. The molecule has 0 unspecified atom stereocenters. The largest absolute Gasteiger partial charge is 0.355 e. The molecule has 0 atom stereocenters. The zero-order valence-electron chi connectivity index (χ0n) is 21.1. The number of nitrogens with one attached hydrogen (secondary N) is 3. The molecule has 0 spiro atoms. The van der Waals surface area contributed by atoms with Gasteiger partial charge in [0.15, 0.2) is 5.82 Å². The first-order valence-electron chi connectivity index (χ1n) is 11.7. The van der Waals surface area contributed by atoms with Gasteiger partial charge in [-0.25, -0.2) is 9.48 Å². The van der Waals surface area contributed by atoms with E-state index in [0.29, 0.717) is 29.2 Å². The van der Waals surface area contributed by atoms with Crippen molar-refractivity contribution in [2.75, 3.05) is 32.5 Å². The van der Waals surface area contributed by atoms with E-state index in [2.05, 4.69) is 75.5 Å². The molecule has 1 heterocycles. The highest BCUT2D eigenvalue weighted by molar-refractivity contribution is 5.98. The molecule has 0 saturated heterocycles. The highest BCUT2D eigenvalue weighted by Gasteiger charge is 2.14. The summed E-state index contributed by atoms with van der Waals surface area (Å²) in [6.45, 7) is 6.66. The van der Waals surface area contributed by atoms with Gasteiger partial charge in [-0.05, 0) is 85.6 Å². The first kappa shape index (κ1) is 25.8. The van der Waals surface area contributed by atoms with E-state index in [0.717, 1.165) is 25.9 Å². The van der Waals surface area contributed by atoms with Gasteiger partial charge < -0.3 is 20.9 Å². The van der Waals surface area contributed by atoms with Gasteiger partial charge in [-0.15, -0.1) is 5.10 Å². The van der Waals surface area contributed by atoms with Crippen molar-refractivity contribution >= 4 is 17.6 Å². The first-order chi connectivity index (χ1) is 16.8. The normalized spacial score (nSPS) is 10.9. The van der Waals surface area contributed by atoms with Crippen LogP contribution in [0.15, 0.2) is 36.4 Å². The molecule has 3 rings (SSSR count). The summed E-state index contributed by atoms with van der Waals surface area (Å²) >= 11 is 0. The van der Waals surface area contributed by atoms with Gasteiger partial charge in [0.05, 0.1) is 0 Å². The number of aryl methyl sites for hydroxylation is 3. The fourth-order valence-electron chi connectivity index (χ4n) is 3.75. The lowest BCUT2D eigenvalue weighted by Crippen LogP contribution is -2.30. The number of tetrazole rings is 1. The van der Waals surface area contributed by atoms with Crippen LogP contribution in [0.2, 0.25) is 0 Å². The van der Waals surface area contributed by atoms with Crippen molar-refractivity contribution in [3.63, 3.8) is 0 Å². The minimum atomic E-state index is -0.329. The molecule has 0 aliphatic rings. The minimum absolute atomic E-state index is 0.268. The zero-order chi connectivity index (χ0) is 25.4. The molecule has 2 aromatic carbocycles. The maximum atomic E-state index is 12.4. The smallest absolute Gasteiger partial charge is 0.319 e. The molecule has 1 aromatic heterocycles. The molecule has 0 fully saturated rings. The van der Waals surface area contributed by atoms with Gasteiger partial charge in [0.25, 0.3) is 5.91 Å². The summed E-state index contributed by atoms with van der Waals surface area (Å²) in [6, 6.07) is 11.3. The number of aromatic nitrogens is 4. The number of hydrogen-bond donors (Lipinski definition) is 3. The molecule has 10 nitrogen and oxygen atoms in total. The Kier molecular flexibility index (Phi) is 8.91. The van der Waals surface area contributed by atoms with Crippen LogP contribution in [-0.4, -0.2) is 64.2 Å². The zero-order valence-corrected chi connectivity index (χ0v) is 21.1. The number of amides is 3. The predicted octanol–water partition coefficient (Wildman–Crippen LogP) is 2.89. The van der Waals surface area contributed by atoms with Crippen molar-refractivity contribution in [1.29, 1.82) is 0 Å². The summed E-state index contributed by atoms with van der Waals surface area (Å²) in [7, 11) is 5.37. The molecule has 0 bridgehead atoms. The van der Waals surface area contributed by atoms with Crippen molar-refractivity contribution in [1.82, 2.24) is 35.7 Å². The number of urea groups is 1. The third-order valence-corrected chi connectivity index (χ3v) is 5.83. The van der Waals surface area contributed by atoms with Crippen LogP contribution in [0.4, 0.5) is 10.5 Å². The van der Waals surface area contributed by atoms with Crippen molar-refractivity contribution in [3.8, 4) is 11.4 Å². The Bertz CT molecular complexity index is 1170.